The third-order valence-electron chi connectivity index (χ3n) is 3.78. The molecule has 0 aromatic heterocycles. The summed E-state index contributed by atoms with van der Waals surface area (Å²) in [5, 5.41) is 0. The molecule has 2 aromatic rings. The van der Waals surface area contributed by atoms with E-state index in [0.29, 0.717) is 5.56 Å². The van der Waals surface area contributed by atoms with Crippen molar-refractivity contribution in [2.75, 3.05) is 6.61 Å². The molecule has 1 atom stereocenters. The van der Waals surface area contributed by atoms with Gasteiger partial charge in [-0.05, 0) is 35.9 Å². The zero-order valence-corrected chi connectivity index (χ0v) is 13.9. The third kappa shape index (κ3) is 2.87. The van der Waals surface area contributed by atoms with Crippen molar-refractivity contribution in [2.24, 2.45) is 0 Å². The summed E-state index contributed by atoms with van der Waals surface area (Å²) >= 11 is 0. The predicted octanol–water partition coefficient (Wildman–Crippen LogP) is 3.43. The van der Waals surface area contributed by atoms with Crippen LogP contribution in [-0.2, 0) is 19.4 Å². The van der Waals surface area contributed by atoms with Crippen LogP contribution < -0.4 is 4.74 Å². The van der Waals surface area contributed by atoms with Gasteiger partial charge < -0.3 is 9.47 Å². The molecule has 0 N–H and O–H groups in total. The Kier molecular flexibility index (Phi) is 4.04. The number of ether oxygens (including phenoxy) is 2. The second kappa shape index (κ2) is 5.90. The Balaban J connectivity index is 2.02. The average molecular weight is 350 g/mol. The standard InChI is InChI=1S/C17H15FO5S/c1-10(9-22-11(2)19)12-3-5-14-16(7-12)24(20,21)17-8-13(18)4-6-15(17)23-14/h3-8,10H,9H2,1-2H3. The molecule has 7 heteroatoms. The van der Waals surface area contributed by atoms with Crippen LogP contribution in [0.4, 0.5) is 4.39 Å². The second-order valence-corrected chi connectivity index (χ2v) is 7.49. The van der Waals surface area contributed by atoms with Gasteiger partial charge in [-0.15, -0.1) is 0 Å². The minimum Gasteiger partial charge on any atom is -0.465 e. The van der Waals surface area contributed by atoms with Crippen LogP contribution in [0.3, 0.4) is 0 Å². The summed E-state index contributed by atoms with van der Waals surface area (Å²) in [6.45, 7) is 3.26. The number of hydrogen-bond acceptors (Lipinski definition) is 5. The summed E-state index contributed by atoms with van der Waals surface area (Å²) in [5.41, 5.74) is 0.682. The molecule has 0 saturated heterocycles. The molecule has 0 spiro atoms. The first kappa shape index (κ1) is 16.4. The normalized spacial score (nSPS) is 15.6. The fourth-order valence-electron chi connectivity index (χ4n) is 2.48. The first-order chi connectivity index (χ1) is 11.3. The van der Waals surface area contributed by atoms with Crippen molar-refractivity contribution in [3.8, 4) is 11.5 Å². The van der Waals surface area contributed by atoms with Crippen LogP contribution in [0, 0.1) is 5.82 Å². The third-order valence-corrected chi connectivity index (χ3v) is 5.57. The molecule has 0 fully saturated rings. The Morgan fingerprint density at radius 3 is 2.46 bits per heavy atom. The van der Waals surface area contributed by atoms with E-state index in [1.165, 1.54) is 19.1 Å². The number of sulfone groups is 1. The number of carbonyl (C=O) groups is 1. The Hall–Kier alpha value is -2.41. The highest BCUT2D eigenvalue weighted by Crippen LogP contribution is 2.43. The van der Waals surface area contributed by atoms with Crippen LogP contribution in [0.2, 0.25) is 0 Å². The lowest BCUT2D eigenvalue weighted by molar-refractivity contribution is -0.141. The van der Waals surface area contributed by atoms with Gasteiger partial charge in [-0.1, -0.05) is 13.0 Å². The molecular formula is C17H15FO5S. The lowest BCUT2D eigenvalue weighted by atomic mass is 10.0. The first-order valence-corrected chi connectivity index (χ1v) is 8.77. The summed E-state index contributed by atoms with van der Waals surface area (Å²) in [5.74, 6) is -0.950. The number of halogens is 1. The summed E-state index contributed by atoms with van der Waals surface area (Å²) in [4.78, 5) is 10.7. The number of fused-ring (bicyclic) bond motifs is 2. The minimum absolute atomic E-state index is 0.0206. The van der Waals surface area contributed by atoms with E-state index in [-0.39, 0.29) is 33.8 Å². The number of carbonyl (C=O) groups excluding carboxylic acids is 1. The van der Waals surface area contributed by atoms with E-state index in [9.17, 15) is 17.6 Å². The number of rotatable bonds is 3. The summed E-state index contributed by atoms with van der Waals surface area (Å²) in [6, 6.07) is 8.14. The molecule has 1 aliphatic rings. The van der Waals surface area contributed by atoms with Gasteiger partial charge in [-0.25, -0.2) is 12.8 Å². The number of benzene rings is 2. The monoisotopic (exact) mass is 350 g/mol. The zero-order valence-electron chi connectivity index (χ0n) is 13.1. The Bertz CT molecular complexity index is 921. The number of hydrogen-bond donors (Lipinski definition) is 0. The Morgan fingerprint density at radius 2 is 1.79 bits per heavy atom. The molecule has 2 aromatic carbocycles. The van der Waals surface area contributed by atoms with E-state index >= 15 is 0 Å². The molecule has 0 saturated carbocycles. The zero-order chi connectivity index (χ0) is 17.5. The highest BCUT2D eigenvalue weighted by molar-refractivity contribution is 7.91. The SMILES string of the molecule is CC(=O)OCC(C)c1ccc2c(c1)S(=O)(=O)c1cc(F)ccc1O2. The maximum absolute atomic E-state index is 13.4. The molecule has 0 radical (unpaired) electrons. The smallest absolute Gasteiger partial charge is 0.302 e. The Labute approximate surface area is 138 Å². The van der Waals surface area contributed by atoms with Crippen LogP contribution in [0.25, 0.3) is 0 Å². The molecule has 0 amide bonds. The summed E-state index contributed by atoms with van der Waals surface area (Å²) in [7, 11) is -3.88. The maximum Gasteiger partial charge on any atom is 0.302 e. The van der Waals surface area contributed by atoms with Gasteiger partial charge in [0.15, 0.2) is 0 Å². The lowest BCUT2D eigenvalue weighted by Gasteiger charge is -2.22. The van der Waals surface area contributed by atoms with Gasteiger partial charge in [0.25, 0.3) is 0 Å². The molecule has 1 unspecified atom stereocenters. The molecule has 5 nitrogen and oxygen atoms in total. The van der Waals surface area contributed by atoms with Gasteiger partial charge in [0.1, 0.15) is 27.1 Å². The van der Waals surface area contributed by atoms with Crippen molar-refractivity contribution in [2.45, 2.75) is 29.6 Å². The van der Waals surface area contributed by atoms with Crippen molar-refractivity contribution in [3.05, 3.63) is 47.8 Å². The topological polar surface area (TPSA) is 69.7 Å². The largest absolute Gasteiger partial charge is 0.465 e. The van der Waals surface area contributed by atoms with Crippen molar-refractivity contribution in [1.82, 2.24) is 0 Å². The predicted molar refractivity (Wildman–Crippen MR) is 83.4 cm³/mol. The average Bonchev–Trinajstić information content (AvgIpc) is 2.53. The quantitative estimate of drug-likeness (QED) is 0.677. The van der Waals surface area contributed by atoms with Gasteiger partial charge in [-0.2, -0.15) is 0 Å². The molecule has 1 aliphatic heterocycles. The fraction of sp³-hybridized carbons (Fsp3) is 0.235. The van der Waals surface area contributed by atoms with Crippen molar-refractivity contribution >= 4 is 15.8 Å². The summed E-state index contributed by atoms with van der Waals surface area (Å²) in [6.07, 6.45) is 0. The van der Waals surface area contributed by atoms with Gasteiger partial charge >= 0.3 is 5.97 Å². The molecule has 0 bridgehead atoms. The Morgan fingerprint density at radius 1 is 1.17 bits per heavy atom. The molecule has 126 valence electrons. The highest BCUT2D eigenvalue weighted by atomic mass is 32.2. The van der Waals surface area contributed by atoms with Crippen LogP contribution in [0.15, 0.2) is 46.2 Å². The molecular weight excluding hydrogens is 335 g/mol. The first-order valence-electron chi connectivity index (χ1n) is 7.29. The van der Waals surface area contributed by atoms with E-state index < -0.39 is 21.6 Å². The number of esters is 1. The van der Waals surface area contributed by atoms with E-state index in [4.69, 9.17) is 9.47 Å². The van der Waals surface area contributed by atoms with Gasteiger partial charge in [-0.3, -0.25) is 4.79 Å². The lowest BCUT2D eigenvalue weighted by Crippen LogP contribution is -2.13. The van der Waals surface area contributed by atoms with Gasteiger partial charge in [0.05, 0.1) is 6.61 Å². The molecule has 3 rings (SSSR count). The van der Waals surface area contributed by atoms with Crippen molar-refractivity contribution in [1.29, 1.82) is 0 Å². The summed E-state index contributed by atoms with van der Waals surface area (Å²) < 4.78 is 49.5. The second-order valence-electron chi connectivity index (χ2n) is 5.61. The van der Waals surface area contributed by atoms with Gasteiger partial charge in [0.2, 0.25) is 9.84 Å². The molecule has 24 heavy (non-hydrogen) atoms. The minimum atomic E-state index is -3.88. The van der Waals surface area contributed by atoms with E-state index in [2.05, 4.69) is 0 Å². The van der Waals surface area contributed by atoms with Crippen molar-refractivity contribution in [3.63, 3.8) is 0 Å². The van der Waals surface area contributed by atoms with Gasteiger partial charge in [0, 0.05) is 12.8 Å². The van der Waals surface area contributed by atoms with Crippen LogP contribution in [0.5, 0.6) is 11.5 Å². The van der Waals surface area contributed by atoms with Crippen molar-refractivity contribution < 1.29 is 27.1 Å². The van der Waals surface area contributed by atoms with E-state index in [1.54, 1.807) is 12.1 Å². The van der Waals surface area contributed by atoms with E-state index in [0.717, 1.165) is 12.1 Å². The van der Waals surface area contributed by atoms with Crippen LogP contribution in [0.1, 0.15) is 25.3 Å². The molecule has 1 heterocycles. The fourth-order valence-corrected chi connectivity index (χ4v) is 4.02. The van der Waals surface area contributed by atoms with Crippen LogP contribution in [-0.4, -0.2) is 21.0 Å². The maximum atomic E-state index is 13.4. The van der Waals surface area contributed by atoms with Crippen LogP contribution >= 0.6 is 0 Å². The highest BCUT2D eigenvalue weighted by Gasteiger charge is 2.32. The molecule has 0 aliphatic carbocycles. The van der Waals surface area contributed by atoms with E-state index in [1.807, 2.05) is 6.92 Å².